The highest BCUT2D eigenvalue weighted by molar-refractivity contribution is 9.10. The number of rotatable bonds is 2. The van der Waals surface area contributed by atoms with Crippen LogP contribution in [0.3, 0.4) is 0 Å². The fourth-order valence-corrected chi connectivity index (χ4v) is 6.31. The van der Waals surface area contributed by atoms with Crippen molar-refractivity contribution >= 4 is 27.5 Å². The normalized spacial score (nSPS) is 34.0. The minimum Gasteiger partial charge on any atom is -0.345 e. The second-order valence-electron chi connectivity index (χ2n) is 8.27. The van der Waals surface area contributed by atoms with Crippen LogP contribution in [0.25, 0.3) is 5.65 Å². The van der Waals surface area contributed by atoms with Crippen LogP contribution in [0.1, 0.15) is 54.7 Å². The summed E-state index contributed by atoms with van der Waals surface area (Å²) in [5.74, 6) is 2.52. The van der Waals surface area contributed by atoms with E-state index < -0.39 is 0 Å². The number of pyridine rings is 1. The van der Waals surface area contributed by atoms with Crippen molar-refractivity contribution in [2.75, 3.05) is 0 Å². The van der Waals surface area contributed by atoms with Gasteiger partial charge in [0, 0.05) is 16.2 Å². The Balaban J connectivity index is 1.49. The Morgan fingerprint density at radius 2 is 1.83 bits per heavy atom. The molecule has 4 aliphatic carbocycles. The molecule has 24 heavy (non-hydrogen) atoms. The molecule has 5 heteroatoms. The Bertz CT molecular complexity index is 805. The molecule has 4 fully saturated rings. The first-order valence-electron chi connectivity index (χ1n) is 8.98. The summed E-state index contributed by atoms with van der Waals surface area (Å²) in [5.41, 5.74) is 2.35. The lowest BCUT2D eigenvalue weighted by Crippen LogP contribution is -2.60. The number of carbonyl (C=O) groups excluding carboxylic acids is 1. The zero-order valence-electron chi connectivity index (χ0n) is 13.9. The quantitative estimate of drug-likeness (QED) is 0.842. The van der Waals surface area contributed by atoms with Crippen molar-refractivity contribution < 1.29 is 4.79 Å². The number of aromatic nitrogens is 2. The summed E-state index contributed by atoms with van der Waals surface area (Å²) in [7, 11) is 0. The van der Waals surface area contributed by atoms with Gasteiger partial charge in [-0.25, -0.2) is 4.98 Å². The van der Waals surface area contributed by atoms with Crippen LogP contribution in [-0.4, -0.2) is 20.8 Å². The zero-order chi connectivity index (χ0) is 16.5. The van der Waals surface area contributed by atoms with E-state index in [1.165, 1.54) is 38.5 Å². The number of aryl methyl sites for hydroxylation is 1. The molecule has 1 amide bonds. The van der Waals surface area contributed by atoms with E-state index in [9.17, 15) is 4.79 Å². The van der Waals surface area contributed by atoms with Gasteiger partial charge < -0.3 is 5.32 Å². The lowest BCUT2D eigenvalue weighted by molar-refractivity contribution is -0.0168. The van der Waals surface area contributed by atoms with E-state index in [2.05, 4.69) is 26.2 Å². The molecule has 0 radical (unpaired) electrons. The molecular weight excluding hydrogens is 366 g/mol. The fraction of sp³-hybridized carbons (Fsp3) is 0.579. The van der Waals surface area contributed by atoms with Crippen LogP contribution in [0.15, 0.2) is 22.8 Å². The number of nitrogens with zero attached hydrogens (tertiary/aromatic N) is 2. The summed E-state index contributed by atoms with van der Waals surface area (Å²) in [6.45, 7) is 1.93. The number of halogens is 1. The molecule has 4 bridgehead atoms. The molecule has 4 aliphatic rings. The van der Waals surface area contributed by atoms with Gasteiger partial charge in [-0.3, -0.25) is 9.20 Å². The monoisotopic (exact) mass is 387 g/mol. The maximum absolute atomic E-state index is 13.1. The maximum atomic E-state index is 13.1. The molecule has 0 atom stereocenters. The second-order valence-corrected chi connectivity index (χ2v) is 9.19. The van der Waals surface area contributed by atoms with Gasteiger partial charge in [0.05, 0.1) is 5.69 Å². The van der Waals surface area contributed by atoms with Crippen molar-refractivity contribution in [2.45, 2.75) is 51.0 Å². The molecule has 0 unspecified atom stereocenters. The van der Waals surface area contributed by atoms with E-state index in [0.29, 0.717) is 5.69 Å². The van der Waals surface area contributed by atoms with Crippen LogP contribution in [0.2, 0.25) is 0 Å². The average Bonchev–Trinajstić information content (AvgIpc) is 2.80. The van der Waals surface area contributed by atoms with Gasteiger partial charge in [0.25, 0.3) is 5.91 Å². The number of nitrogens with one attached hydrogen (secondary N) is 1. The molecule has 6 rings (SSSR count). The van der Waals surface area contributed by atoms with Crippen LogP contribution in [0.4, 0.5) is 0 Å². The number of amides is 1. The Morgan fingerprint density at radius 1 is 1.21 bits per heavy atom. The smallest absolute Gasteiger partial charge is 0.270 e. The standard InChI is InChI=1S/C19H22BrN3O/c1-11-17(23-10-15(20)2-3-16(23)21-11)18(24)22-19-7-12-4-13(8-19)6-14(5-12)9-19/h2-3,10,12-14H,4-9H2,1H3,(H,22,24). The Labute approximate surface area is 150 Å². The number of hydrogen-bond acceptors (Lipinski definition) is 2. The molecule has 0 saturated heterocycles. The zero-order valence-corrected chi connectivity index (χ0v) is 15.5. The van der Waals surface area contributed by atoms with Crippen molar-refractivity contribution in [3.63, 3.8) is 0 Å². The molecular formula is C19H22BrN3O. The van der Waals surface area contributed by atoms with Gasteiger partial charge in [-0.2, -0.15) is 0 Å². The van der Waals surface area contributed by atoms with Crippen LogP contribution >= 0.6 is 15.9 Å². The first-order valence-corrected chi connectivity index (χ1v) is 9.77. The Kier molecular flexibility index (Phi) is 3.16. The van der Waals surface area contributed by atoms with Crippen molar-refractivity contribution in [2.24, 2.45) is 17.8 Å². The van der Waals surface area contributed by atoms with Gasteiger partial charge in [-0.05, 0) is 91.3 Å². The highest BCUT2D eigenvalue weighted by atomic mass is 79.9. The topological polar surface area (TPSA) is 46.4 Å². The SMILES string of the molecule is Cc1nc2ccc(Br)cn2c1C(=O)NC12CC3CC(CC(C3)C1)C2. The van der Waals surface area contributed by atoms with Crippen molar-refractivity contribution in [3.05, 3.63) is 34.2 Å². The maximum Gasteiger partial charge on any atom is 0.270 e. The van der Waals surface area contributed by atoms with Crippen molar-refractivity contribution in [1.29, 1.82) is 0 Å². The molecule has 0 spiro atoms. The lowest BCUT2D eigenvalue weighted by Gasteiger charge is -2.56. The number of hydrogen-bond donors (Lipinski definition) is 1. The Morgan fingerprint density at radius 3 is 2.46 bits per heavy atom. The third-order valence-corrected chi connectivity index (χ3v) is 6.86. The minimum atomic E-state index is 0.0361. The van der Waals surface area contributed by atoms with Crippen LogP contribution in [0.5, 0.6) is 0 Å². The molecule has 2 heterocycles. The van der Waals surface area contributed by atoms with E-state index in [1.54, 1.807) is 0 Å². The second kappa shape index (κ2) is 5.07. The minimum absolute atomic E-state index is 0.0361. The average molecular weight is 388 g/mol. The molecule has 4 nitrogen and oxygen atoms in total. The first-order chi connectivity index (χ1) is 11.5. The number of carbonyl (C=O) groups is 1. The van der Waals surface area contributed by atoms with Crippen LogP contribution in [0, 0.1) is 24.7 Å². The molecule has 0 aromatic carbocycles. The highest BCUT2D eigenvalue weighted by Crippen LogP contribution is 2.55. The first kappa shape index (κ1) is 14.9. The highest BCUT2D eigenvalue weighted by Gasteiger charge is 2.51. The molecule has 126 valence electrons. The number of imidazole rings is 1. The largest absolute Gasteiger partial charge is 0.345 e. The van der Waals surface area contributed by atoms with Gasteiger partial charge >= 0.3 is 0 Å². The van der Waals surface area contributed by atoms with Gasteiger partial charge in [0.2, 0.25) is 0 Å². The van der Waals surface area contributed by atoms with Gasteiger partial charge in [-0.15, -0.1) is 0 Å². The van der Waals surface area contributed by atoms with Gasteiger partial charge in [0.15, 0.2) is 0 Å². The van der Waals surface area contributed by atoms with Crippen molar-refractivity contribution in [3.8, 4) is 0 Å². The number of fused-ring (bicyclic) bond motifs is 1. The van der Waals surface area contributed by atoms with Crippen LogP contribution in [-0.2, 0) is 0 Å². The summed E-state index contributed by atoms with van der Waals surface area (Å²) < 4.78 is 2.87. The Hall–Kier alpha value is -1.36. The van der Waals surface area contributed by atoms with E-state index in [1.807, 2.05) is 29.7 Å². The summed E-state index contributed by atoms with van der Waals surface area (Å²) in [6, 6.07) is 3.90. The summed E-state index contributed by atoms with van der Waals surface area (Å²) in [4.78, 5) is 17.7. The molecule has 4 saturated carbocycles. The molecule has 2 aromatic rings. The lowest BCUT2D eigenvalue weighted by atomic mass is 9.53. The van der Waals surface area contributed by atoms with E-state index in [0.717, 1.165) is 33.6 Å². The van der Waals surface area contributed by atoms with Gasteiger partial charge in [-0.1, -0.05) is 0 Å². The molecule has 1 N–H and O–H groups in total. The van der Waals surface area contributed by atoms with E-state index >= 15 is 0 Å². The predicted octanol–water partition coefficient (Wildman–Crippen LogP) is 4.10. The third kappa shape index (κ3) is 2.24. The van der Waals surface area contributed by atoms with Gasteiger partial charge in [0.1, 0.15) is 11.3 Å². The summed E-state index contributed by atoms with van der Waals surface area (Å²) in [5, 5.41) is 3.46. The third-order valence-electron chi connectivity index (χ3n) is 6.39. The van der Waals surface area contributed by atoms with Crippen molar-refractivity contribution in [1.82, 2.24) is 14.7 Å². The van der Waals surface area contributed by atoms with E-state index in [-0.39, 0.29) is 11.4 Å². The predicted molar refractivity (Wildman–Crippen MR) is 96.0 cm³/mol. The molecule has 0 aliphatic heterocycles. The fourth-order valence-electron chi connectivity index (χ4n) is 5.97. The van der Waals surface area contributed by atoms with Crippen LogP contribution < -0.4 is 5.32 Å². The summed E-state index contributed by atoms with van der Waals surface area (Å²) >= 11 is 3.50. The molecule has 2 aromatic heterocycles. The van der Waals surface area contributed by atoms with E-state index in [4.69, 9.17) is 0 Å². The summed E-state index contributed by atoms with van der Waals surface area (Å²) in [6.07, 6.45) is 9.60.